The Morgan fingerprint density at radius 3 is 2.90 bits per heavy atom. The molecule has 0 bridgehead atoms. The normalized spacial score (nSPS) is 31.6. The van der Waals surface area contributed by atoms with E-state index in [9.17, 15) is 0 Å². The van der Waals surface area contributed by atoms with Gasteiger partial charge < -0.3 is 10.6 Å². The van der Waals surface area contributed by atoms with Gasteiger partial charge in [0.15, 0.2) is 0 Å². The zero-order valence-corrected chi connectivity index (χ0v) is 13.0. The minimum atomic E-state index is 0.376. The van der Waals surface area contributed by atoms with Crippen LogP contribution in [-0.4, -0.2) is 18.6 Å². The van der Waals surface area contributed by atoms with Crippen molar-refractivity contribution in [2.45, 2.75) is 57.2 Å². The third-order valence-electron chi connectivity index (χ3n) is 5.00. The van der Waals surface area contributed by atoms with Crippen LogP contribution in [0.4, 0.5) is 0 Å². The van der Waals surface area contributed by atoms with Gasteiger partial charge in [-0.1, -0.05) is 30.2 Å². The standard InChI is InChI=1S/C17H25ClN2/c1-12(13-5-2-6-14(18)11-13)20-17-8-3-7-15(17)16-9-4-10-19-16/h2,5-6,11-12,15-17,19-20H,3-4,7-10H2,1H3. The maximum atomic E-state index is 6.10. The molecule has 0 radical (unpaired) electrons. The molecule has 1 aromatic rings. The zero-order chi connectivity index (χ0) is 13.9. The van der Waals surface area contributed by atoms with E-state index < -0.39 is 0 Å². The number of hydrogen-bond acceptors (Lipinski definition) is 2. The van der Waals surface area contributed by atoms with E-state index in [4.69, 9.17) is 11.6 Å². The molecule has 3 rings (SSSR count). The van der Waals surface area contributed by atoms with Crippen molar-refractivity contribution in [1.29, 1.82) is 0 Å². The molecule has 1 aromatic carbocycles. The molecule has 0 aromatic heterocycles. The van der Waals surface area contributed by atoms with Crippen LogP contribution in [0.15, 0.2) is 24.3 Å². The smallest absolute Gasteiger partial charge is 0.0409 e. The van der Waals surface area contributed by atoms with E-state index in [0.717, 1.165) is 17.0 Å². The van der Waals surface area contributed by atoms with Crippen molar-refractivity contribution >= 4 is 11.6 Å². The van der Waals surface area contributed by atoms with Gasteiger partial charge in [0, 0.05) is 23.1 Å². The summed E-state index contributed by atoms with van der Waals surface area (Å²) in [5, 5.41) is 8.37. The van der Waals surface area contributed by atoms with Gasteiger partial charge in [-0.15, -0.1) is 0 Å². The number of hydrogen-bond donors (Lipinski definition) is 2. The Labute approximate surface area is 127 Å². The summed E-state index contributed by atoms with van der Waals surface area (Å²) in [5.41, 5.74) is 1.29. The second-order valence-electron chi connectivity index (χ2n) is 6.35. The largest absolute Gasteiger partial charge is 0.314 e. The van der Waals surface area contributed by atoms with E-state index >= 15 is 0 Å². The SMILES string of the molecule is CC(NC1CCCC1C1CCCN1)c1cccc(Cl)c1. The van der Waals surface area contributed by atoms with Crippen LogP contribution in [0.5, 0.6) is 0 Å². The molecule has 1 heterocycles. The Bertz CT molecular complexity index is 442. The van der Waals surface area contributed by atoms with Gasteiger partial charge in [0.2, 0.25) is 0 Å². The van der Waals surface area contributed by atoms with Gasteiger partial charge in [-0.2, -0.15) is 0 Å². The molecule has 1 saturated carbocycles. The Morgan fingerprint density at radius 2 is 2.15 bits per heavy atom. The Kier molecular flexibility index (Phi) is 4.65. The quantitative estimate of drug-likeness (QED) is 0.879. The molecule has 2 fully saturated rings. The van der Waals surface area contributed by atoms with E-state index in [2.05, 4.69) is 29.7 Å². The highest BCUT2D eigenvalue weighted by atomic mass is 35.5. The fourth-order valence-electron chi connectivity index (χ4n) is 3.95. The first kappa shape index (κ1) is 14.4. The average Bonchev–Trinajstić information content (AvgIpc) is 3.08. The molecule has 3 heteroatoms. The van der Waals surface area contributed by atoms with Crippen molar-refractivity contribution in [3.63, 3.8) is 0 Å². The lowest BCUT2D eigenvalue weighted by atomic mass is 9.92. The summed E-state index contributed by atoms with van der Waals surface area (Å²) in [6.45, 7) is 3.46. The average molecular weight is 293 g/mol. The lowest BCUT2D eigenvalue weighted by molar-refractivity contribution is 0.303. The summed E-state index contributed by atoms with van der Waals surface area (Å²) in [5.74, 6) is 0.805. The van der Waals surface area contributed by atoms with Crippen LogP contribution >= 0.6 is 11.6 Å². The number of benzene rings is 1. The van der Waals surface area contributed by atoms with Gasteiger partial charge >= 0.3 is 0 Å². The molecule has 4 atom stereocenters. The topological polar surface area (TPSA) is 24.1 Å². The van der Waals surface area contributed by atoms with Gasteiger partial charge in [0.05, 0.1) is 0 Å². The summed E-state index contributed by atoms with van der Waals surface area (Å²) in [6, 6.07) is 10.00. The minimum Gasteiger partial charge on any atom is -0.314 e. The molecule has 4 unspecified atom stereocenters. The highest BCUT2D eigenvalue weighted by molar-refractivity contribution is 6.30. The predicted molar refractivity (Wildman–Crippen MR) is 85.2 cm³/mol. The highest BCUT2D eigenvalue weighted by Crippen LogP contribution is 2.33. The molecule has 2 nitrogen and oxygen atoms in total. The van der Waals surface area contributed by atoms with Crippen LogP contribution in [0.3, 0.4) is 0 Å². The van der Waals surface area contributed by atoms with E-state index in [-0.39, 0.29) is 0 Å². The van der Waals surface area contributed by atoms with Crippen LogP contribution in [-0.2, 0) is 0 Å². The van der Waals surface area contributed by atoms with Crippen LogP contribution in [0.1, 0.15) is 50.6 Å². The zero-order valence-electron chi connectivity index (χ0n) is 12.2. The first-order valence-corrected chi connectivity index (χ1v) is 8.37. The summed E-state index contributed by atoms with van der Waals surface area (Å²) >= 11 is 6.10. The van der Waals surface area contributed by atoms with Crippen molar-refractivity contribution in [3.05, 3.63) is 34.9 Å². The van der Waals surface area contributed by atoms with Gasteiger partial charge in [-0.25, -0.2) is 0 Å². The first-order chi connectivity index (χ1) is 9.74. The Hall–Kier alpha value is -0.570. The van der Waals surface area contributed by atoms with E-state index in [0.29, 0.717) is 12.1 Å². The molecule has 20 heavy (non-hydrogen) atoms. The maximum absolute atomic E-state index is 6.10. The summed E-state index contributed by atoms with van der Waals surface area (Å²) in [7, 11) is 0. The van der Waals surface area contributed by atoms with Crippen LogP contribution in [0, 0.1) is 5.92 Å². The second-order valence-corrected chi connectivity index (χ2v) is 6.78. The highest BCUT2D eigenvalue weighted by Gasteiger charge is 2.35. The molecule has 1 aliphatic carbocycles. The number of nitrogens with one attached hydrogen (secondary N) is 2. The summed E-state index contributed by atoms with van der Waals surface area (Å²) in [6.07, 6.45) is 6.75. The van der Waals surface area contributed by atoms with Crippen molar-refractivity contribution in [1.82, 2.24) is 10.6 Å². The Balaban J connectivity index is 1.64. The van der Waals surface area contributed by atoms with Crippen LogP contribution in [0.2, 0.25) is 5.02 Å². The lowest BCUT2D eigenvalue weighted by Crippen LogP contribution is -2.42. The third kappa shape index (κ3) is 3.19. The van der Waals surface area contributed by atoms with Gasteiger partial charge in [-0.05, 0) is 62.8 Å². The lowest BCUT2D eigenvalue weighted by Gasteiger charge is -2.29. The van der Waals surface area contributed by atoms with Gasteiger partial charge in [0.25, 0.3) is 0 Å². The fraction of sp³-hybridized carbons (Fsp3) is 0.647. The monoisotopic (exact) mass is 292 g/mol. The summed E-state index contributed by atoms with van der Waals surface area (Å²) < 4.78 is 0. The second kappa shape index (κ2) is 6.46. The summed E-state index contributed by atoms with van der Waals surface area (Å²) in [4.78, 5) is 0. The van der Waals surface area contributed by atoms with Crippen molar-refractivity contribution in [3.8, 4) is 0 Å². The molecule has 1 saturated heterocycles. The number of halogens is 1. The third-order valence-corrected chi connectivity index (χ3v) is 5.23. The molecule has 0 spiro atoms. The van der Waals surface area contributed by atoms with E-state index in [1.54, 1.807) is 0 Å². The van der Waals surface area contributed by atoms with Crippen molar-refractivity contribution in [2.75, 3.05) is 6.54 Å². The molecular weight excluding hydrogens is 268 g/mol. The molecule has 2 N–H and O–H groups in total. The predicted octanol–water partition coefficient (Wildman–Crippen LogP) is 3.91. The molecular formula is C17H25ClN2. The van der Waals surface area contributed by atoms with Crippen LogP contribution in [0.25, 0.3) is 0 Å². The van der Waals surface area contributed by atoms with Crippen LogP contribution < -0.4 is 10.6 Å². The van der Waals surface area contributed by atoms with Crippen molar-refractivity contribution in [2.24, 2.45) is 5.92 Å². The van der Waals surface area contributed by atoms with E-state index in [1.165, 1.54) is 44.2 Å². The van der Waals surface area contributed by atoms with E-state index in [1.807, 2.05) is 12.1 Å². The molecule has 0 amide bonds. The van der Waals surface area contributed by atoms with Gasteiger partial charge in [-0.3, -0.25) is 0 Å². The van der Waals surface area contributed by atoms with Gasteiger partial charge in [0.1, 0.15) is 0 Å². The molecule has 2 aliphatic rings. The fourth-order valence-corrected chi connectivity index (χ4v) is 4.15. The molecule has 1 aliphatic heterocycles. The first-order valence-electron chi connectivity index (χ1n) is 7.99. The van der Waals surface area contributed by atoms with Crippen molar-refractivity contribution < 1.29 is 0 Å². The maximum Gasteiger partial charge on any atom is 0.0409 e. The molecule has 110 valence electrons. The Morgan fingerprint density at radius 1 is 1.25 bits per heavy atom. The number of rotatable bonds is 4. The minimum absolute atomic E-state index is 0.376.